The summed E-state index contributed by atoms with van der Waals surface area (Å²) in [5, 5.41) is 17.7. The lowest BCUT2D eigenvalue weighted by Crippen LogP contribution is -2.37. The fourth-order valence-corrected chi connectivity index (χ4v) is 2.87. The molecule has 0 radical (unpaired) electrons. The first-order valence-electron chi connectivity index (χ1n) is 6.22. The molecule has 5 nitrogen and oxygen atoms in total. The predicted octanol–water partition coefficient (Wildman–Crippen LogP) is 0.422. The monoisotopic (exact) mass is 297 g/mol. The standard InChI is InChI=1S/C14H19NO4S/c1-12(11-17)15(2)20(18,19)14-8-5-7-13(10-14)6-3-4-9-16/h5,7-8,10,12,16-17H,4,9,11H2,1-2H3. The van der Waals surface area contributed by atoms with Gasteiger partial charge in [0.05, 0.1) is 18.1 Å². The second kappa shape index (κ2) is 7.41. The minimum Gasteiger partial charge on any atom is -0.395 e. The normalized spacial score (nSPS) is 12.8. The quantitative estimate of drug-likeness (QED) is 0.772. The van der Waals surface area contributed by atoms with Gasteiger partial charge in [-0.15, -0.1) is 0 Å². The van der Waals surface area contributed by atoms with E-state index in [1.807, 2.05) is 0 Å². The maximum absolute atomic E-state index is 12.3. The molecule has 0 bridgehead atoms. The number of benzene rings is 1. The maximum atomic E-state index is 12.3. The van der Waals surface area contributed by atoms with Crippen molar-refractivity contribution in [3.8, 4) is 11.8 Å². The van der Waals surface area contributed by atoms with Crippen molar-refractivity contribution in [1.82, 2.24) is 4.31 Å². The van der Waals surface area contributed by atoms with E-state index >= 15 is 0 Å². The van der Waals surface area contributed by atoms with Crippen LogP contribution in [0.4, 0.5) is 0 Å². The van der Waals surface area contributed by atoms with Crippen LogP contribution in [0.1, 0.15) is 18.9 Å². The molecule has 0 fully saturated rings. The molecular formula is C14H19NO4S. The van der Waals surface area contributed by atoms with E-state index in [0.717, 1.165) is 4.31 Å². The van der Waals surface area contributed by atoms with Gasteiger partial charge in [0.1, 0.15) is 0 Å². The van der Waals surface area contributed by atoms with E-state index in [0.29, 0.717) is 12.0 Å². The summed E-state index contributed by atoms with van der Waals surface area (Å²) in [6.45, 7) is 1.36. The SMILES string of the molecule is CC(CO)N(C)S(=O)(=O)c1cccc(C#CCCO)c1. The molecule has 0 spiro atoms. The smallest absolute Gasteiger partial charge is 0.243 e. The van der Waals surface area contributed by atoms with Crippen molar-refractivity contribution in [2.24, 2.45) is 0 Å². The zero-order valence-electron chi connectivity index (χ0n) is 11.6. The lowest BCUT2D eigenvalue weighted by molar-refractivity contribution is 0.214. The molecule has 1 unspecified atom stereocenters. The third kappa shape index (κ3) is 4.05. The highest BCUT2D eigenvalue weighted by Gasteiger charge is 2.24. The Morgan fingerprint density at radius 2 is 2.05 bits per heavy atom. The number of hydrogen-bond acceptors (Lipinski definition) is 4. The second-order valence-electron chi connectivity index (χ2n) is 4.36. The third-order valence-corrected chi connectivity index (χ3v) is 4.83. The van der Waals surface area contributed by atoms with Crippen LogP contribution in [-0.4, -0.2) is 49.2 Å². The van der Waals surface area contributed by atoms with Crippen LogP contribution < -0.4 is 0 Å². The molecule has 0 saturated carbocycles. The summed E-state index contributed by atoms with van der Waals surface area (Å²) in [5.74, 6) is 5.54. The summed E-state index contributed by atoms with van der Waals surface area (Å²) in [4.78, 5) is 0.135. The fourth-order valence-electron chi connectivity index (χ4n) is 1.47. The molecule has 0 saturated heterocycles. The topological polar surface area (TPSA) is 77.8 Å². The van der Waals surface area contributed by atoms with E-state index in [2.05, 4.69) is 11.8 Å². The van der Waals surface area contributed by atoms with Crippen LogP contribution in [-0.2, 0) is 10.0 Å². The van der Waals surface area contributed by atoms with Crippen LogP contribution in [0.25, 0.3) is 0 Å². The molecule has 0 heterocycles. The van der Waals surface area contributed by atoms with Gasteiger partial charge in [-0.3, -0.25) is 0 Å². The first-order valence-corrected chi connectivity index (χ1v) is 7.66. The van der Waals surface area contributed by atoms with Crippen LogP contribution in [0, 0.1) is 11.8 Å². The van der Waals surface area contributed by atoms with Crippen LogP contribution in [0.15, 0.2) is 29.2 Å². The Morgan fingerprint density at radius 1 is 1.35 bits per heavy atom. The van der Waals surface area contributed by atoms with E-state index in [1.165, 1.54) is 19.2 Å². The van der Waals surface area contributed by atoms with Gasteiger partial charge in [-0.1, -0.05) is 17.9 Å². The van der Waals surface area contributed by atoms with Crippen molar-refractivity contribution in [2.75, 3.05) is 20.3 Å². The van der Waals surface area contributed by atoms with Gasteiger partial charge < -0.3 is 10.2 Å². The first-order chi connectivity index (χ1) is 9.43. The van der Waals surface area contributed by atoms with E-state index in [-0.39, 0.29) is 18.1 Å². The van der Waals surface area contributed by atoms with Gasteiger partial charge in [0.25, 0.3) is 0 Å². The minimum absolute atomic E-state index is 0.0260. The largest absolute Gasteiger partial charge is 0.395 e. The minimum atomic E-state index is -3.65. The Hall–Kier alpha value is -1.39. The third-order valence-electron chi connectivity index (χ3n) is 2.87. The lowest BCUT2D eigenvalue weighted by Gasteiger charge is -2.22. The van der Waals surface area contributed by atoms with E-state index in [1.54, 1.807) is 19.1 Å². The zero-order valence-corrected chi connectivity index (χ0v) is 12.4. The summed E-state index contributed by atoms with van der Waals surface area (Å²) < 4.78 is 25.8. The molecule has 0 aliphatic heterocycles. The Kier molecular flexibility index (Phi) is 6.17. The summed E-state index contributed by atoms with van der Waals surface area (Å²) in [6.07, 6.45) is 0.346. The number of sulfonamides is 1. The van der Waals surface area contributed by atoms with Gasteiger partial charge in [0, 0.05) is 25.1 Å². The van der Waals surface area contributed by atoms with E-state index in [9.17, 15) is 8.42 Å². The molecule has 1 aromatic rings. The first kappa shape index (κ1) is 16.7. The highest BCUT2D eigenvalue weighted by molar-refractivity contribution is 7.89. The van der Waals surface area contributed by atoms with Crippen LogP contribution in [0.2, 0.25) is 0 Å². The highest BCUT2D eigenvalue weighted by atomic mass is 32.2. The summed E-state index contributed by atoms with van der Waals surface area (Å²) in [5.41, 5.74) is 0.574. The molecule has 110 valence electrons. The lowest BCUT2D eigenvalue weighted by atomic mass is 10.2. The molecule has 0 amide bonds. The number of aliphatic hydroxyl groups is 2. The molecule has 2 N–H and O–H groups in total. The van der Waals surface area contributed by atoms with Crippen LogP contribution in [0.3, 0.4) is 0 Å². The zero-order chi connectivity index (χ0) is 15.2. The molecule has 20 heavy (non-hydrogen) atoms. The number of rotatable bonds is 5. The van der Waals surface area contributed by atoms with Gasteiger partial charge in [-0.2, -0.15) is 4.31 Å². The molecule has 0 aliphatic carbocycles. The number of nitrogens with zero attached hydrogens (tertiary/aromatic N) is 1. The average Bonchev–Trinajstić information content (AvgIpc) is 2.46. The molecule has 1 rings (SSSR count). The number of likely N-dealkylation sites (N-methyl/N-ethyl adjacent to an activating group) is 1. The summed E-state index contributed by atoms with van der Waals surface area (Å²) in [7, 11) is -2.22. The van der Waals surface area contributed by atoms with E-state index in [4.69, 9.17) is 10.2 Å². The van der Waals surface area contributed by atoms with Gasteiger partial charge >= 0.3 is 0 Å². The van der Waals surface area contributed by atoms with E-state index < -0.39 is 16.1 Å². The van der Waals surface area contributed by atoms with Crippen LogP contribution >= 0.6 is 0 Å². The van der Waals surface area contributed by atoms with Crippen molar-refractivity contribution < 1.29 is 18.6 Å². The van der Waals surface area contributed by atoms with Gasteiger partial charge in [-0.05, 0) is 25.1 Å². The Morgan fingerprint density at radius 3 is 2.65 bits per heavy atom. The second-order valence-corrected chi connectivity index (χ2v) is 6.35. The van der Waals surface area contributed by atoms with Gasteiger partial charge in [0.2, 0.25) is 10.0 Å². The van der Waals surface area contributed by atoms with Crippen molar-refractivity contribution in [2.45, 2.75) is 24.3 Å². The van der Waals surface area contributed by atoms with Crippen molar-refractivity contribution in [3.63, 3.8) is 0 Å². The predicted molar refractivity (Wildman–Crippen MR) is 76.5 cm³/mol. The maximum Gasteiger partial charge on any atom is 0.243 e. The van der Waals surface area contributed by atoms with Gasteiger partial charge in [0.15, 0.2) is 0 Å². The molecule has 0 aromatic heterocycles. The number of aliphatic hydroxyl groups excluding tert-OH is 2. The molecule has 1 aromatic carbocycles. The molecule has 1 atom stereocenters. The van der Waals surface area contributed by atoms with Crippen molar-refractivity contribution in [1.29, 1.82) is 0 Å². The summed E-state index contributed by atoms with van der Waals surface area (Å²) >= 11 is 0. The van der Waals surface area contributed by atoms with Crippen LogP contribution in [0.5, 0.6) is 0 Å². The van der Waals surface area contributed by atoms with Crippen molar-refractivity contribution in [3.05, 3.63) is 29.8 Å². The number of hydrogen-bond donors (Lipinski definition) is 2. The Bertz CT molecular complexity index is 601. The molecule has 6 heteroatoms. The Balaban J connectivity index is 3.08. The molecular weight excluding hydrogens is 278 g/mol. The highest BCUT2D eigenvalue weighted by Crippen LogP contribution is 2.17. The average molecular weight is 297 g/mol. The Labute approximate surface area is 119 Å². The fraction of sp³-hybridized carbons (Fsp3) is 0.429. The summed E-state index contributed by atoms with van der Waals surface area (Å²) in [6, 6.07) is 5.81. The van der Waals surface area contributed by atoms with Gasteiger partial charge in [-0.25, -0.2) is 8.42 Å². The molecule has 0 aliphatic rings. The van der Waals surface area contributed by atoms with Crippen molar-refractivity contribution >= 4 is 10.0 Å².